The molecule has 2 aromatic carbocycles. The van der Waals surface area contributed by atoms with E-state index in [9.17, 15) is 0 Å². The molecule has 6 heteroatoms. The Labute approximate surface area is 175 Å². The molecular weight excluding hydrogens is 382 g/mol. The first-order chi connectivity index (χ1) is 14.2. The summed E-state index contributed by atoms with van der Waals surface area (Å²) in [6.07, 6.45) is 3.66. The topological polar surface area (TPSA) is 60.6 Å². The Balaban J connectivity index is 1.19. The number of rotatable bonds is 5. The van der Waals surface area contributed by atoms with Crippen molar-refractivity contribution in [3.8, 4) is 11.5 Å². The number of H-pyrrole nitrogens is 2. The summed E-state index contributed by atoms with van der Waals surface area (Å²) in [6, 6.07) is 18.7. The molecule has 0 radical (unpaired) electrons. The highest BCUT2D eigenvalue weighted by atomic mass is 35.5. The lowest BCUT2D eigenvalue weighted by Gasteiger charge is -2.31. The van der Waals surface area contributed by atoms with Crippen LogP contribution in [0, 0.1) is 5.92 Å². The van der Waals surface area contributed by atoms with E-state index in [1.165, 1.54) is 24.8 Å². The number of nitrogens with zero attached hydrogens (tertiary/aromatic N) is 3. The molecule has 0 aliphatic carbocycles. The standard InChI is InChI=1S/C23H24ClN5/c24-19-6-7-20-18(13-19)14-21(25-20)23-26-22(27-28-23)15-29-10-8-17(9-11-29)12-16-4-2-1-3-5-16/h1-7,13-14,17,25H,8-12,15H2,(H,26,27,28). The van der Waals surface area contributed by atoms with Gasteiger partial charge >= 0.3 is 0 Å². The summed E-state index contributed by atoms with van der Waals surface area (Å²) < 4.78 is 0. The van der Waals surface area contributed by atoms with Crippen molar-refractivity contribution in [2.24, 2.45) is 5.92 Å². The van der Waals surface area contributed by atoms with Gasteiger partial charge in [-0.05, 0) is 68.1 Å². The summed E-state index contributed by atoms with van der Waals surface area (Å²) in [5.41, 5.74) is 3.43. The van der Waals surface area contributed by atoms with Gasteiger partial charge in [0.2, 0.25) is 0 Å². The van der Waals surface area contributed by atoms with E-state index in [-0.39, 0.29) is 0 Å². The lowest BCUT2D eigenvalue weighted by Crippen LogP contribution is -2.34. The maximum atomic E-state index is 6.09. The Morgan fingerprint density at radius 2 is 1.79 bits per heavy atom. The van der Waals surface area contributed by atoms with Crippen LogP contribution >= 0.6 is 11.6 Å². The molecule has 5 rings (SSSR count). The van der Waals surface area contributed by atoms with Crippen molar-refractivity contribution >= 4 is 22.5 Å². The van der Waals surface area contributed by atoms with Gasteiger partial charge in [0.05, 0.1) is 12.2 Å². The van der Waals surface area contributed by atoms with Gasteiger partial charge in [0.25, 0.3) is 0 Å². The summed E-state index contributed by atoms with van der Waals surface area (Å²) >= 11 is 6.09. The van der Waals surface area contributed by atoms with Crippen LogP contribution in [-0.2, 0) is 13.0 Å². The third-order valence-electron chi connectivity index (χ3n) is 5.82. The number of likely N-dealkylation sites (tertiary alicyclic amines) is 1. The van der Waals surface area contributed by atoms with E-state index in [4.69, 9.17) is 11.6 Å². The highest BCUT2D eigenvalue weighted by Crippen LogP contribution is 2.25. The van der Waals surface area contributed by atoms with Gasteiger partial charge in [-0.1, -0.05) is 41.9 Å². The molecule has 1 aliphatic heterocycles. The van der Waals surface area contributed by atoms with Gasteiger partial charge in [0.15, 0.2) is 5.82 Å². The molecule has 0 amide bonds. The summed E-state index contributed by atoms with van der Waals surface area (Å²) in [7, 11) is 0. The Bertz CT molecular complexity index is 1090. The number of benzene rings is 2. The van der Waals surface area contributed by atoms with E-state index in [1.54, 1.807) is 0 Å². The largest absolute Gasteiger partial charge is 0.352 e. The highest BCUT2D eigenvalue weighted by molar-refractivity contribution is 6.31. The van der Waals surface area contributed by atoms with E-state index in [2.05, 4.69) is 61.5 Å². The van der Waals surface area contributed by atoms with Crippen molar-refractivity contribution in [2.75, 3.05) is 13.1 Å². The van der Waals surface area contributed by atoms with Crippen LogP contribution in [0.25, 0.3) is 22.4 Å². The first-order valence-corrected chi connectivity index (χ1v) is 10.6. The SMILES string of the molecule is Clc1ccc2[nH]c(-c3nnc(CN4CCC(Cc5ccccc5)CC4)[nH]3)cc2c1. The molecule has 2 N–H and O–H groups in total. The average Bonchev–Trinajstić information content (AvgIpc) is 3.37. The zero-order chi connectivity index (χ0) is 19.6. The normalized spacial score (nSPS) is 15.9. The number of piperidine rings is 1. The Kier molecular flexibility index (Phi) is 5.08. The quantitative estimate of drug-likeness (QED) is 0.487. The van der Waals surface area contributed by atoms with Gasteiger partial charge in [-0.25, -0.2) is 0 Å². The van der Waals surface area contributed by atoms with Crippen molar-refractivity contribution in [2.45, 2.75) is 25.8 Å². The zero-order valence-electron chi connectivity index (χ0n) is 16.2. The van der Waals surface area contributed by atoms with E-state index in [0.29, 0.717) is 0 Å². The predicted octanol–water partition coefficient (Wildman–Crippen LogP) is 5.06. The Hall–Kier alpha value is -2.63. The molecule has 0 bridgehead atoms. The lowest BCUT2D eigenvalue weighted by molar-refractivity contribution is 0.173. The molecule has 29 heavy (non-hydrogen) atoms. The first-order valence-electron chi connectivity index (χ1n) is 10.2. The molecule has 5 nitrogen and oxygen atoms in total. The summed E-state index contributed by atoms with van der Waals surface area (Å²) in [6.45, 7) is 3.04. The van der Waals surface area contributed by atoms with Crippen LogP contribution in [0.15, 0.2) is 54.6 Å². The number of halogens is 1. The van der Waals surface area contributed by atoms with Gasteiger partial charge in [-0.2, -0.15) is 0 Å². The molecule has 4 aromatic rings. The van der Waals surface area contributed by atoms with Gasteiger partial charge < -0.3 is 9.97 Å². The van der Waals surface area contributed by atoms with E-state index in [0.717, 1.165) is 58.8 Å². The van der Waals surface area contributed by atoms with E-state index in [1.807, 2.05) is 18.2 Å². The summed E-state index contributed by atoms with van der Waals surface area (Å²) in [4.78, 5) is 9.22. The fraction of sp³-hybridized carbons (Fsp3) is 0.304. The van der Waals surface area contributed by atoms with Gasteiger partial charge in [0.1, 0.15) is 5.82 Å². The molecule has 2 aromatic heterocycles. The number of aromatic amines is 2. The Morgan fingerprint density at radius 1 is 0.966 bits per heavy atom. The maximum absolute atomic E-state index is 6.09. The maximum Gasteiger partial charge on any atom is 0.177 e. The second-order valence-corrected chi connectivity index (χ2v) is 8.38. The van der Waals surface area contributed by atoms with Gasteiger partial charge in [0, 0.05) is 15.9 Å². The number of fused-ring (bicyclic) bond motifs is 1. The second kappa shape index (κ2) is 8.01. The average molecular weight is 406 g/mol. The Morgan fingerprint density at radius 3 is 2.62 bits per heavy atom. The fourth-order valence-corrected chi connectivity index (χ4v) is 4.41. The molecule has 0 atom stereocenters. The monoisotopic (exact) mass is 405 g/mol. The third-order valence-corrected chi connectivity index (χ3v) is 6.05. The first kappa shape index (κ1) is 18.4. The molecule has 1 aliphatic rings. The van der Waals surface area contributed by atoms with E-state index < -0.39 is 0 Å². The van der Waals surface area contributed by atoms with Crippen molar-refractivity contribution in [1.29, 1.82) is 0 Å². The molecule has 0 saturated carbocycles. The van der Waals surface area contributed by atoms with Crippen LogP contribution in [0.4, 0.5) is 0 Å². The second-order valence-electron chi connectivity index (χ2n) is 7.94. The number of aromatic nitrogens is 4. The van der Waals surface area contributed by atoms with Gasteiger partial charge in [-0.3, -0.25) is 4.90 Å². The smallest absolute Gasteiger partial charge is 0.177 e. The third kappa shape index (κ3) is 4.21. The minimum atomic E-state index is 0.733. The molecular formula is C23H24ClN5. The van der Waals surface area contributed by atoms with Crippen LogP contribution in [0.2, 0.25) is 5.02 Å². The predicted molar refractivity (Wildman–Crippen MR) is 117 cm³/mol. The molecule has 3 heterocycles. The number of hydrogen-bond donors (Lipinski definition) is 2. The number of hydrogen-bond acceptors (Lipinski definition) is 3. The molecule has 1 fully saturated rings. The lowest BCUT2D eigenvalue weighted by atomic mass is 9.90. The van der Waals surface area contributed by atoms with Crippen LogP contribution in [0.3, 0.4) is 0 Å². The summed E-state index contributed by atoms with van der Waals surface area (Å²) in [5, 5.41) is 10.5. The van der Waals surface area contributed by atoms with Crippen LogP contribution < -0.4 is 0 Å². The fourth-order valence-electron chi connectivity index (χ4n) is 4.23. The highest BCUT2D eigenvalue weighted by Gasteiger charge is 2.20. The molecule has 0 spiro atoms. The molecule has 148 valence electrons. The van der Waals surface area contributed by atoms with Crippen LogP contribution in [0.5, 0.6) is 0 Å². The van der Waals surface area contributed by atoms with Crippen LogP contribution in [-0.4, -0.2) is 38.2 Å². The van der Waals surface area contributed by atoms with Gasteiger partial charge in [-0.15, -0.1) is 10.2 Å². The minimum Gasteiger partial charge on any atom is -0.352 e. The van der Waals surface area contributed by atoms with Crippen LogP contribution in [0.1, 0.15) is 24.2 Å². The van der Waals surface area contributed by atoms with Crippen molar-refractivity contribution < 1.29 is 0 Å². The molecule has 0 unspecified atom stereocenters. The van der Waals surface area contributed by atoms with Crippen molar-refractivity contribution in [1.82, 2.24) is 25.1 Å². The molecule has 1 saturated heterocycles. The number of nitrogens with one attached hydrogen (secondary N) is 2. The van der Waals surface area contributed by atoms with Crippen molar-refractivity contribution in [3.05, 3.63) is 71.0 Å². The summed E-state index contributed by atoms with van der Waals surface area (Å²) in [5.74, 6) is 2.46. The van der Waals surface area contributed by atoms with E-state index >= 15 is 0 Å². The van der Waals surface area contributed by atoms with Crippen molar-refractivity contribution in [3.63, 3.8) is 0 Å². The minimum absolute atomic E-state index is 0.733. The zero-order valence-corrected chi connectivity index (χ0v) is 17.0.